The van der Waals surface area contributed by atoms with E-state index in [1.165, 1.54) is 7.11 Å². The summed E-state index contributed by atoms with van der Waals surface area (Å²) in [5.41, 5.74) is 5.83. The van der Waals surface area contributed by atoms with Crippen LogP contribution in [-0.4, -0.2) is 19.1 Å². The third-order valence-corrected chi connectivity index (χ3v) is 2.47. The van der Waals surface area contributed by atoms with E-state index in [2.05, 4.69) is 20.7 Å². The van der Waals surface area contributed by atoms with Crippen molar-refractivity contribution in [2.45, 2.75) is 25.3 Å². The molecule has 1 rings (SSSR count). The summed E-state index contributed by atoms with van der Waals surface area (Å²) < 4.78 is 10.5. The van der Waals surface area contributed by atoms with Gasteiger partial charge in [-0.25, -0.2) is 0 Å². The van der Waals surface area contributed by atoms with Gasteiger partial charge in [0, 0.05) is 18.9 Å². The molecule has 0 aliphatic carbocycles. The Morgan fingerprint density at radius 1 is 1.67 bits per heavy atom. The van der Waals surface area contributed by atoms with E-state index in [0.717, 1.165) is 5.76 Å². The van der Waals surface area contributed by atoms with Gasteiger partial charge in [0.2, 0.25) is 0 Å². The summed E-state index contributed by atoms with van der Waals surface area (Å²) in [5.74, 6) is 0.588. The number of rotatable bonds is 5. The molecule has 15 heavy (non-hydrogen) atoms. The molecule has 0 aromatic carbocycles. The predicted molar refractivity (Wildman–Crippen MR) is 59.3 cm³/mol. The maximum atomic E-state index is 10.9. The molecule has 0 aliphatic heterocycles. The van der Waals surface area contributed by atoms with E-state index in [1.54, 1.807) is 0 Å². The van der Waals surface area contributed by atoms with Crippen molar-refractivity contribution in [1.29, 1.82) is 0 Å². The van der Waals surface area contributed by atoms with Gasteiger partial charge in [0.15, 0.2) is 4.67 Å². The maximum Gasteiger partial charge on any atom is 0.305 e. The van der Waals surface area contributed by atoms with Crippen molar-refractivity contribution in [2.75, 3.05) is 7.11 Å². The maximum absolute atomic E-state index is 10.9. The number of methoxy groups -OCH3 is 1. The van der Waals surface area contributed by atoms with E-state index in [0.29, 0.717) is 23.9 Å². The molecule has 0 saturated carbocycles. The Bertz CT molecular complexity index is 324. The van der Waals surface area contributed by atoms with Crippen LogP contribution in [0.3, 0.4) is 0 Å². The average molecular weight is 276 g/mol. The minimum atomic E-state index is -0.230. The molecule has 1 heterocycles. The third-order valence-electron chi connectivity index (χ3n) is 2.04. The molecule has 2 N–H and O–H groups in total. The van der Waals surface area contributed by atoms with E-state index in [-0.39, 0.29) is 12.0 Å². The summed E-state index contributed by atoms with van der Waals surface area (Å²) in [4.78, 5) is 10.9. The fourth-order valence-corrected chi connectivity index (χ4v) is 1.57. The van der Waals surface area contributed by atoms with E-state index in [1.807, 2.05) is 12.1 Å². The molecule has 1 aromatic rings. The molecular formula is C10H14BrNO3. The van der Waals surface area contributed by atoms with Crippen LogP contribution >= 0.6 is 15.9 Å². The monoisotopic (exact) mass is 275 g/mol. The lowest BCUT2D eigenvalue weighted by Gasteiger charge is -2.08. The average Bonchev–Trinajstić information content (AvgIpc) is 2.60. The molecule has 0 spiro atoms. The zero-order valence-corrected chi connectivity index (χ0v) is 10.1. The van der Waals surface area contributed by atoms with Gasteiger partial charge in [0.25, 0.3) is 0 Å². The molecule has 0 bridgehead atoms. The lowest BCUT2D eigenvalue weighted by Crippen LogP contribution is -2.23. The van der Waals surface area contributed by atoms with Crippen molar-refractivity contribution >= 4 is 21.9 Å². The van der Waals surface area contributed by atoms with Gasteiger partial charge in [-0.05, 0) is 34.5 Å². The summed E-state index contributed by atoms with van der Waals surface area (Å²) >= 11 is 3.21. The Kier molecular flexibility index (Phi) is 4.84. The van der Waals surface area contributed by atoms with Crippen LogP contribution in [0.4, 0.5) is 0 Å². The first-order valence-corrected chi connectivity index (χ1v) is 5.47. The largest absolute Gasteiger partial charge is 0.469 e. The van der Waals surface area contributed by atoms with Crippen LogP contribution in [0.1, 0.15) is 18.6 Å². The molecule has 1 atom stereocenters. The second-order valence-corrected chi connectivity index (χ2v) is 4.07. The third kappa shape index (κ3) is 4.48. The topological polar surface area (TPSA) is 65.5 Å². The number of hydrogen-bond acceptors (Lipinski definition) is 4. The molecule has 0 fully saturated rings. The van der Waals surface area contributed by atoms with Crippen LogP contribution < -0.4 is 5.73 Å². The van der Waals surface area contributed by atoms with Gasteiger partial charge in [-0.15, -0.1) is 0 Å². The first-order chi connectivity index (χ1) is 7.11. The number of carbonyl (C=O) groups excluding carboxylic acids is 1. The van der Waals surface area contributed by atoms with Gasteiger partial charge >= 0.3 is 5.97 Å². The predicted octanol–water partition coefficient (Wildman–Crippen LogP) is 1.87. The Morgan fingerprint density at radius 3 is 2.93 bits per heavy atom. The molecule has 1 unspecified atom stereocenters. The number of carbonyl (C=O) groups is 1. The number of nitrogens with two attached hydrogens (primary N) is 1. The first kappa shape index (κ1) is 12.3. The Morgan fingerprint density at radius 2 is 2.40 bits per heavy atom. The van der Waals surface area contributed by atoms with E-state index < -0.39 is 0 Å². The second kappa shape index (κ2) is 5.92. The minimum absolute atomic E-state index is 0.0813. The van der Waals surface area contributed by atoms with Crippen LogP contribution in [0.15, 0.2) is 21.2 Å². The molecule has 1 aromatic heterocycles. The fraction of sp³-hybridized carbons (Fsp3) is 0.500. The molecule has 5 heteroatoms. The van der Waals surface area contributed by atoms with Gasteiger partial charge in [0.05, 0.1) is 7.11 Å². The molecular weight excluding hydrogens is 262 g/mol. The number of esters is 1. The second-order valence-electron chi connectivity index (χ2n) is 3.28. The molecule has 0 saturated heterocycles. The van der Waals surface area contributed by atoms with Crippen molar-refractivity contribution in [2.24, 2.45) is 5.73 Å². The van der Waals surface area contributed by atoms with Gasteiger partial charge in [-0.3, -0.25) is 4.79 Å². The van der Waals surface area contributed by atoms with Crippen LogP contribution in [0.2, 0.25) is 0 Å². The number of halogens is 1. The van der Waals surface area contributed by atoms with Gasteiger partial charge in [-0.1, -0.05) is 0 Å². The summed E-state index contributed by atoms with van der Waals surface area (Å²) in [5, 5.41) is 0. The Hall–Kier alpha value is -0.810. The highest BCUT2D eigenvalue weighted by Crippen LogP contribution is 2.15. The fourth-order valence-electron chi connectivity index (χ4n) is 1.23. The number of furan rings is 1. The zero-order chi connectivity index (χ0) is 11.3. The van der Waals surface area contributed by atoms with Gasteiger partial charge in [0.1, 0.15) is 5.76 Å². The first-order valence-electron chi connectivity index (χ1n) is 4.68. The zero-order valence-electron chi connectivity index (χ0n) is 8.53. The van der Waals surface area contributed by atoms with E-state index in [4.69, 9.17) is 10.2 Å². The lowest BCUT2D eigenvalue weighted by atomic mass is 10.1. The highest BCUT2D eigenvalue weighted by atomic mass is 79.9. The smallest absolute Gasteiger partial charge is 0.305 e. The minimum Gasteiger partial charge on any atom is -0.469 e. The Balaban J connectivity index is 2.30. The molecule has 0 amide bonds. The van der Waals surface area contributed by atoms with Crippen LogP contribution in [0.25, 0.3) is 0 Å². The molecule has 4 nitrogen and oxygen atoms in total. The standard InChI is InChI=1S/C10H14BrNO3/c1-14-10(13)5-2-7(12)6-8-3-4-9(11)15-8/h3-4,7H,2,5-6,12H2,1H3. The van der Waals surface area contributed by atoms with Crippen LogP contribution in [-0.2, 0) is 16.0 Å². The van der Waals surface area contributed by atoms with Crippen molar-refractivity contribution in [3.05, 3.63) is 22.6 Å². The van der Waals surface area contributed by atoms with Crippen molar-refractivity contribution in [3.63, 3.8) is 0 Å². The summed E-state index contributed by atoms with van der Waals surface area (Å²) in [6, 6.07) is 3.60. The van der Waals surface area contributed by atoms with Gasteiger partial charge < -0.3 is 14.9 Å². The van der Waals surface area contributed by atoms with E-state index in [9.17, 15) is 4.79 Å². The Labute approximate surface area is 96.9 Å². The van der Waals surface area contributed by atoms with E-state index >= 15 is 0 Å². The van der Waals surface area contributed by atoms with Crippen molar-refractivity contribution < 1.29 is 13.9 Å². The van der Waals surface area contributed by atoms with Crippen LogP contribution in [0.5, 0.6) is 0 Å². The molecule has 0 radical (unpaired) electrons. The van der Waals surface area contributed by atoms with Crippen LogP contribution in [0, 0.1) is 0 Å². The highest BCUT2D eigenvalue weighted by molar-refractivity contribution is 9.10. The molecule has 0 aliphatic rings. The van der Waals surface area contributed by atoms with Crippen molar-refractivity contribution in [3.8, 4) is 0 Å². The number of ether oxygens (including phenoxy) is 1. The van der Waals surface area contributed by atoms with Crippen molar-refractivity contribution in [1.82, 2.24) is 0 Å². The lowest BCUT2D eigenvalue weighted by molar-refractivity contribution is -0.140. The molecule has 84 valence electrons. The summed E-state index contributed by atoms with van der Waals surface area (Å²) in [6.07, 6.45) is 1.58. The SMILES string of the molecule is COC(=O)CCC(N)Cc1ccc(Br)o1. The normalized spacial score (nSPS) is 12.5. The quantitative estimate of drug-likeness (QED) is 0.834. The van der Waals surface area contributed by atoms with Gasteiger partial charge in [-0.2, -0.15) is 0 Å². The number of hydrogen-bond donors (Lipinski definition) is 1. The highest BCUT2D eigenvalue weighted by Gasteiger charge is 2.10. The summed E-state index contributed by atoms with van der Waals surface area (Å²) in [6.45, 7) is 0. The summed E-state index contributed by atoms with van der Waals surface area (Å²) in [7, 11) is 1.37.